The second-order valence-electron chi connectivity index (χ2n) is 3.93. The first-order valence-electron chi connectivity index (χ1n) is 5.62. The molecule has 1 atom stereocenters. The molecular formula is C12H13BrFN3O2. The standard InChI is InChI=1S/C12H13BrFN3O2/c1-19-3-2-17-11(10(13)7-16-17)12(18)8-4-9(14)6-15-5-8/h4-7,12,18H,2-3H2,1H3. The third kappa shape index (κ3) is 3.17. The van der Waals surface area contributed by atoms with Crippen LogP contribution in [0, 0.1) is 5.82 Å². The summed E-state index contributed by atoms with van der Waals surface area (Å²) in [7, 11) is 1.59. The van der Waals surface area contributed by atoms with Crippen molar-refractivity contribution < 1.29 is 14.2 Å². The van der Waals surface area contributed by atoms with Crippen LogP contribution in [0.3, 0.4) is 0 Å². The number of methoxy groups -OCH3 is 1. The van der Waals surface area contributed by atoms with Crippen LogP contribution in [0.4, 0.5) is 4.39 Å². The van der Waals surface area contributed by atoms with Crippen molar-refractivity contribution in [2.75, 3.05) is 13.7 Å². The van der Waals surface area contributed by atoms with Gasteiger partial charge in [0, 0.05) is 18.9 Å². The van der Waals surface area contributed by atoms with Gasteiger partial charge in [0.1, 0.15) is 11.9 Å². The first-order chi connectivity index (χ1) is 9.13. The third-order valence-corrected chi connectivity index (χ3v) is 3.25. The molecule has 0 bridgehead atoms. The number of halogens is 2. The molecule has 2 aromatic heterocycles. The highest BCUT2D eigenvalue weighted by molar-refractivity contribution is 9.10. The summed E-state index contributed by atoms with van der Waals surface area (Å²) in [4.78, 5) is 3.73. The number of aromatic nitrogens is 3. The Hall–Kier alpha value is -1.31. The number of aliphatic hydroxyl groups excluding tert-OH is 1. The fraction of sp³-hybridized carbons (Fsp3) is 0.333. The van der Waals surface area contributed by atoms with E-state index in [1.165, 1.54) is 12.3 Å². The van der Waals surface area contributed by atoms with Crippen molar-refractivity contribution in [3.05, 3.63) is 46.2 Å². The van der Waals surface area contributed by atoms with E-state index in [0.29, 0.717) is 28.9 Å². The van der Waals surface area contributed by atoms with E-state index in [0.717, 1.165) is 6.20 Å². The number of pyridine rings is 1. The summed E-state index contributed by atoms with van der Waals surface area (Å²) in [5, 5.41) is 14.5. The second kappa shape index (κ2) is 6.23. The Morgan fingerprint density at radius 3 is 2.95 bits per heavy atom. The molecule has 0 amide bonds. The van der Waals surface area contributed by atoms with Crippen LogP contribution in [-0.2, 0) is 11.3 Å². The predicted octanol–water partition coefficient (Wildman–Crippen LogP) is 1.91. The van der Waals surface area contributed by atoms with Crippen molar-refractivity contribution in [3.63, 3.8) is 0 Å². The Bertz CT molecular complexity index is 562. The molecule has 0 aliphatic heterocycles. The van der Waals surface area contributed by atoms with E-state index < -0.39 is 11.9 Å². The van der Waals surface area contributed by atoms with Gasteiger partial charge in [0.25, 0.3) is 0 Å². The van der Waals surface area contributed by atoms with Crippen LogP contribution in [0.15, 0.2) is 29.1 Å². The molecule has 0 aliphatic carbocycles. The first-order valence-corrected chi connectivity index (χ1v) is 6.41. The molecule has 5 nitrogen and oxygen atoms in total. The van der Waals surface area contributed by atoms with E-state index in [1.54, 1.807) is 18.0 Å². The van der Waals surface area contributed by atoms with E-state index >= 15 is 0 Å². The normalized spacial score (nSPS) is 12.6. The van der Waals surface area contributed by atoms with Crippen molar-refractivity contribution in [1.82, 2.24) is 14.8 Å². The Labute approximate surface area is 118 Å². The van der Waals surface area contributed by atoms with Gasteiger partial charge < -0.3 is 9.84 Å². The minimum atomic E-state index is -1.00. The zero-order valence-electron chi connectivity index (χ0n) is 10.3. The number of hydrogen-bond acceptors (Lipinski definition) is 4. The van der Waals surface area contributed by atoms with Crippen LogP contribution >= 0.6 is 15.9 Å². The molecule has 2 rings (SSSR count). The second-order valence-corrected chi connectivity index (χ2v) is 4.79. The van der Waals surface area contributed by atoms with Gasteiger partial charge in [-0.05, 0) is 22.0 Å². The molecule has 0 fully saturated rings. The average molecular weight is 330 g/mol. The lowest BCUT2D eigenvalue weighted by atomic mass is 10.1. The molecule has 0 aliphatic rings. The van der Waals surface area contributed by atoms with Crippen LogP contribution in [0.5, 0.6) is 0 Å². The van der Waals surface area contributed by atoms with Gasteiger partial charge in [0.05, 0.1) is 35.7 Å². The maximum atomic E-state index is 13.1. The maximum absolute atomic E-state index is 13.1. The van der Waals surface area contributed by atoms with Crippen LogP contribution in [0.25, 0.3) is 0 Å². The number of nitrogens with zero attached hydrogens (tertiary/aromatic N) is 3. The smallest absolute Gasteiger partial charge is 0.141 e. The van der Waals surface area contributed by atoms with Crippen LogP contribution < -0.4 is 0 Å². The summed E-state index contributed by atoms with van der Waals surface area (Å²) in [6.45, 7) is 0.965. The number of rotatable bonds is 5. The Kier molecular flexibility index (Phi) is 4.62. The van der Waals surface area contributed by atoms with Gasteiger partial charge >= 0.3 is 0 Å². The average Bonchev–Trinajstić information content (AvgIpc) is 2.76. The number of hydrogen-bond donors (Lipinski definition) is 1. The van der Waals surface area contributed by atoms with Crippen molar-refractivity contribution >= 4 is 15.9 Å². The molecule has 0 saturated heterocycles. The molecule has 0 radical (unpaired) electrons. The van der Waals surface area contributed by atoms with Gasteiger partial charge in [-0.25, -0.2) is 4.39 Å². The summed E-state index contributed by atoms with van der Waals surface area (Å²) in [5.74, 6) is -0.490. The Morgan fingerprint density at radius 2 is 2.26 bits per heavy atom. The third-order valence-electron chi connectivity index (χ3n) is 2.64. The van der Waals surface area contributed by atoms with E-state index in [-0.39, 0.29) is 0 Å². The van der Waals surface area contributed by atoms with Gasteiger partial charge in [0.2, 0.25) is 0 Å². The molecule has 0 saturated carbocycles. The molecule has 2 heterocycles. The number of aliphatic hydroxyl groups is 1. The van der Waals surface area contributed by atoms with Crippen LogP contribution in [0.1, 0.15) is 17.4 Å². The molecule has 1 unspecified atom stereocenters. The van der Waals surface area contributed by atoms with Gasteiger partial charge in [-0.3, -0.25) is 9.67 Å². The lowest BCUT2D eigenvalue weighted by molar-refractivity contribution is 0.171. The Balaban J connectivity index is 2.32. The first kappa shape index (κ1) is 14.1. The summed E-state index contributed by atoms with van der Waals surface area (Å²) in [6, 6.07) is 1.25. The van der Waals surface area contributed by atoms with Crippen LogP contribution in [0.2, 0.25) is 0 Å². The van der Waals surface area contributed by atoms with E-state index in [4.69, 9.17) is 4.74 Å². The molecule has 102 valence electrons. The maximum Gasteiger partial charge on any atom is 0.141 e. The van der Waals surface area contributed by atoms with E-state index in [2.05, 4.69) is 26.0 Å². The van der Waals surface area contributed by atoms with Gasteiger partial charge in [-0.2, -0.15) is 5.10 Å². The minimum absolute atomic E-state index is 0.375. The zero-order chi connectivity index (χ0) is 13.8. The van der Waals surface area contributed by atoms with Gasteiger partial charge in [-0.1, -0.05) is 0 Å². The van der Waals surface area contributed by atoms with Crippen molar-refractivity contribution in [2.45, 2.75) is 12.6 Å². The molecule has 0 aromatic carbocycles. The van der Waals surface area contributed by atoms with Crippen LogP contribution in [-0.4, -0.2) is 33.6 Å². The topological polar surface area (TPSA) is 60.2 Å². The predicted molar refractivity (Wildman–Crippen MR) is 70.1 cm³/mol. The van der Waals surface area contributed by atoms with E-state index in [9.17, 15) is 9.50 Å². The highest BCUT2D eigenvalue weighted by atomic mass is 79.9. The molecule has 0 spiro atoms. The quantitative estimate of drug-likeness (QED) is 0.910. The summed E-state index contributed by atoms with van der Waals surface area (Å²) >= 11 is 3.33. The lowest BCUT2D eigenvalue weighted by Gasteiger charge is -2.14. The van der Waals surface area contributed by atoms with Gasteiger partial charge in [-0.15, -0.1) is 0 Å². The van der Waals surface area contributed by atoms with E-state index in [1.807, 2.05) is 0 Å². The minimum Gasteiger partial charge on any atom is -0.383 e. The Morgan fingerprint density at radius 1 is 1.47 bits per heavy atom. The van der Waals surface area contributed by atoms with Crippen molar-refractivity contribution in [3.8, 4) is 0 Å². The molecular weight excluding hydrogens is 317 g/mol. The molecule has 7 heteroatoms. The summed E-state index contributed by atoms with van der Waals surface area (Å²) in [5.41, 5.74) is 0.921. The fourth-order valence-corrected chi connectivity index (χ4v) is 2.25. The highest BCUT2D eigenvalue weighted by Crippen LogP contribution is 2.28. The largest absolute Gasteiger partial charge is 0.383 e. The van der Waals surface area contributed by atoms with Crippen molar-refractivity contribution in [2.24, 2.45) is 0 Å². The summed E-state index contributed by atoms with van der Waals surface area (Å²) in [6.07, 6.45) is 3.10. The summed E-state index contributed by atoms with van der Waals surface area (Å²) < 4.78 is 20.4. The number of ether oxygens (including phenoxy) is 1. The zero-order valence-corrected chi connectivity index (χ0v) is 11.8. The fourth-order valence-electron chi connectivity index (χ4n) is 1.74. The lowest BCUT2D eigenvalue weighted by Crippen LogP contribution is -2.14. The molecule has 1 N–H and O–H groups in total. The van der Waals surface area contributed by atoms with Crippen molar-refractivity contribution in [1.29, 1.82) is 0 Å². The monoisotopic (exact) mass is 329 g/mol. The SMILES string of the molecule is COCCn1ncc(Br)c1C(O)c1cncc(F)c1. The van der Waals surface area contributed by atoms with Gasteiger partial charge in [0.15, 0.2) is 0 Å². The molecule has 19 heavy (non-hydrogen) atoms. The highest BCUT2D eigenvalue weighted by Gasteiger charge is 2.20. The molecule has 2 aromatic rings.